The monoisotopic (exact) mass is 614 g/mol. The number of benzene rings is 1. The SMILES string of the molecule is COC(=O)C(C)(CC(C)(C)C(C)(C)C(C)(CC(C)(C)C)C(=O)CCC1CO1)C(C)(C)C(C)(O)C(c1ccccc1)C(C)(C)C. The number of hydrogen-bond acceptors (Lipinski definition) is 5. The summed E-state index contributed by atoms with van der Waals surface area (Å²) in [5.74, 6) is -0.366. The molecule has 2 rings (SSSR count). The molecule has 1 aromatic rings. The second-order valence-electron chi connectivity index (χ2n) is 18.5. The first-order chi connectivity index (χ1) is 19.6. The van der Waals surface area contributed by atoms with Crippen LogP contribution in [0.25, 0.3) is 0 Å². The Hall–Kier alpha value is -1.72. The molecule has 0 bridgehead atoms. The number of esters is 1. The molecule has 5 atom stereocenters. The molecule has 0 spiro atoms. The van der Waals surface area contributed by atoms with E-state index in [0.717, 1.165) is 25.0 Å². The van der Waals surface area contributed by atoms with E-state index in [2.05, 4.69) is 88.3 Å². The van der Waals surface area contributed by atoms with Gasteiger partial charge in [-0.2, -0.15) is 0 Å². The molecule has 0 aliphatic carbocycles. The molecule has 0 saturated carbocycles. The third-order valence-corrected chi connectivity index (χ3v) is 12.3. The van der Waals surface area contributed by atoms with E-state index < -0.39 is 32.7 Å². The summed E-state index contributed by atoms with van der Waals surface area (Å²) < 4.78 is 11.0. The molecular formula is C39H66O5. The Kier molecular flexibility index (Phi) is 10.9. The van der Waals surface area contributed by atoms with Crippen LogP contribution in [0.1, 0.15) is 141 Å². The average molecular weight is 615 g/mol. The third-order valence-electron chi connectivity index (χ3n) is 12.3. The van der Waals surface area contributed by atoms with Crippen LogP contribution in [0.15, 0.2) is 30.3 Å². The van der Waals surface area contributed by atoms with Crippen molar-refractivity contribution in [1.82, 2.24) is 0 Å². The summed E-state index contributed by atoms with van der Waals surface area (Å²) in [4.78, 5) is 28.4. The van der Waals surface area contributed by atoms with Gasteiger partial charge in [0.15, 0.2) is 0 Å². The highest BCUT2D eigenvalue weighted by molar-refractivity contribution is 5.85. The van der Waals surface area contributed by atoms with Gasteiger partial charge in [-0.25, -0.2) is 0 Å². The van der Waals surface area contributed by atoms with E-state index in [-0.39, 0.29) is 34.6 Å². The fourth-order valence-corrected chi connectivity index (χ4v) is 8.39. The molecule has 1 saturated heterocycles. The topological polar surface area (TPSA) is 76.1 Å². The highest BCUT2D eigenvalue weighted by Gasteiger charge is 2.65. The summed E-state index contributed by atoms with van der Waals surface area (Å²) in [6.45, 7) is 32.6. The third kappa shape index (κ3) is 7.30. The smallest absolute Gasteiger partial charge is 0.312 e. The summed E-state index contributed by atoms with van der Waals surface area (Å²) in [7, 11) is 1.44. The van der Waals surface area contributed by atoms with Crippen molar-refractivity contribution in [1.29, 1.82) is 0 Å². The van der Waals surface area contributed by atoms with Crippen LogP contribution in [0.5, 0.6) is 0 Å². The van der Waals surface area contributed by atoms with Crippen LogP contribution in [0.2, 0.25) is 0 Å². The minimum Gasteiger partial charge on any atom is -0.469 e. The first-order valence-corrected chi connectivity index (χ1v) is 16.6. The van der Waals surface area contributed by atoms with Gasteiger partial charge in [-0.15, -0.1) is 0 Å². The standard InChI is InChI=1S/C39H66O5/c1-32(2,3)25-37(13,29(40)23-22-28-24-44-28)35(9,10)34(7,8)26-38(14,31(41)43-16)36(11,12)39(15,42)30(33(4,5)6)27-20-18-17-19-21-27/h17-21,28,30,42H,22-26H2,1-16H3. The van der Waals surface area contributed by atoms with Gasteiger partial charge in [0.1, 0.15) is 5.78 Å². The van der Waals surface area contributed by atoms with Gasteiger partial charge in [0.05, 0.1) is 30.8 Å². The van der Waals surface area contributed by atoms with Crippen molar-refractivity contribution in [3.05, 3.63) is 35.9 Å². The van der Waals surface area contributed by atoms with Crippen LogP contribution in [-0.4, -0.2) is 42.3 Å². The van der Waals surface area contributed by atoms with Gasteiger partial charge in [-0.3, -0.25) is 9.59 Å². The molecule has 1 aliphatic rings. The van der Waals surface area contributed by atoms with Crippen molar-refractivity contribution in [3.8, 4) is 0 Å². The largest absolute Gasteiger partial charge is 0.469 e. The number of carbonyl (C=O) groups excluding carboxylic acids is 2. The molecule has 1 fully saturated rings. The van der Waals surface area contributed by atoms with Crippen molar-refractivity contribution < 1.29 is 24.2 Å². The summed E-state index contributed by atoms with van der Waals surface area (Å²) in [5, 5.41) is 12.8. The fourth-order valence-electron chi connectivity index (χ4n) is 8.39. The van der Waals surface area contributed by atoms with Gasteiger partial charge in [-0.05, 0) is 60.3 Å². The van der Waals surface area contributed by atoms with E-state index in [0.29, 0.717) is 12.8 Å². The van der Waals surface area contributed by atoms with Crippen LogP contribution >= 0.6 is 0 Å². The molecule has 5 unspecified atom stereocenters. The van der Waals surface area contributed by atoms with E-state index >= 15 is 0 Å². The Balaban J connectivity index is 2.71. The second-order valence-corrected chi connectivity index (χ2v) is 18.5. The Labute approximate surface area is 270 Å². The summed E-state index contributed by atoms with van der Waals surface area (Å²) >= 11 is 0. The van der Waals surface area contributed by atoms with Gasteiger partial charge >= 0.3 is 5.97 Å². The Morgan fingerprint density at radius 3 is 1.73 bits per heavy atom. The zero-order chi connectivity index (χ0) is 34.4. The average Bonchev–Trinajstić information content (AvgIpc) is 3.69. The highest BCUT2D eigenvalue weighted by atomic mass is 16.6. The molecule has 252 valence electrons. The van der Waals surface area contributed by atoms with E-state index in [1.54, 1.807) is 0 Å². The van der Waals surface area contributed by atoms with E-state index in [1.807, 2.05) is 45.9 Å². The molecule has 5 heteroatoms. The molecular weight excluding hydrogens is 548 g/mol. The number of ether oxygens (including phenoxy) is 2. The highest BCUT2D eigenvalue weighted by Crippen LogP contribution is 2.65. The molecule has 0 radical (unpaired) electrons. The number of ketones is 1. The number of methoxy groups -OCH3 is 1. The molecule has 5 nitrogen and oxygen atoms in total. The lowest BCUT2D eigenvalue weighted by Gasteiger charge is -2.61. The lowest BCUT2D eigenvalue weighted by Crippen LogP contribution is -2.62. The number of aliphatic hydroxyl groups is 1. The Morgan fingerprint density at radius 2 is 1.32 bits per heavy atom. The van der Waals surface area contributed by atoms with Crippen LogP contribution in [0, 0.1) is 37.9 Å². The van der Waals surface area contributed by atoms with Gasteiger partial charge in [0.2, 0.25) is 0 Å². The predicted molar refractivity (Wildman–Crippen MR) is 182 cm³/mol. The van der Waals surface area contributed by atoms with Crippen molar-refractivity contribution in [2.45, 2.75) is 147 Å². The number of rotatable bonds is 14. The molecule has 0 amide bonds. The van der Waals surface area contributed by atoms with Crippen LogP contribution < -0.4 is 0 Å². The lowest BCUT2D eigenvalue weighted by molar-refractivity contribution is -0.199. The summed E-state index contributed by atoms with van der Waals surface area (Å²) in [6.07, 6.45) is 2.57. The van der Waals surface area contributed by atoms with Crippen LogP contribution in [-0.2, 0) is 19.1 Å². The number of carbonyl (C=O) groups is 2. The van der Waals surface area contributed by atoms with Gasteiger partial charge in [0.25, 0.3) is 0 Å². The molecule has 0 aromatic heterocycles. The van der Waals surface area contributed by atoms with Crippen molar-refractivity contribution >= 4 is 11.8 Å². The Bertz CT molecular complexity index is 1140. The molecule has 44 heavy (non-hydrogen) atoms. The molecule has 1 aromatic carbocycles. The number of epoxide rings is 1. The zero-order valence-corrected chi connectivity index (χ0v) is 31.2. The minimum atomic E-state index is -1.31. The zero-order valence-electron chi connectivity index (χ0n) is 31.2. The quantitative estimate of drug-likeness (QED) is 0.167. The Morgan fingerprint density at radius 1 is 0.818 bits per heavy atom. The van der Waals surface area contributed by atoms with Gasteiger partial charge in [0, 0.05) is 23.2 Å². The number of hydrogen-bond donors (Lipinski definition) is 1. The van der Waals surface area contributed by atoms with Crippen molar-refractivity contribution in [2.24, 2.45) is 37.9 Å². The van der Waals surface area contributed by atoms with E-state index in [4.69, 9.17) is 9.47 Å². The minimum absolute atomic E-state index is 0.0853. The van der Waals surface area contributed by atoms with E-state index in [9.17, 15) is 14.7 Å². The van der Waals surface area contributed by atoms with Gasteiger partial charge in [-0.1, -0.05) is 120 Å². The first kappa shape index (κ1) is 38.5. The maximum atomic E-state index is 14.2. The maximum absolute atomic E-state index is 14.2. The van der Waals surface area contributed by atoms with Crippen molar-refractivity contribution in [3.63, 3.8) is 0 Å². The summed E-state index contributed by atoms with van der Waals surface area (Å²) in [6, 6.07) is 10.1. The molecule has 1 heterocycles. The number of Topliss-reactive ketones (excluding diaryl/α,β-unsaturated/α-hetero) is 1. The summed E-state index contributed by atoms with van der Waals surface area (Å²) in [5.41, 5.74) is -4.41. The van der Waals surface area contributed by atoms with Crippen LogP contribution in [0.3, 0.4) is 0 Å². The molecule has 1 N–H and O–H groups in total. The normalized spacial score (nSPS) is 21.4. The fraction of sp³-hybridized carbons (Fsp3) is 0.795. The van der Waals surface area contributed by atoms with Gasteiger partial charge < -0.3 is 14.6 Å². The molecule has 1 aliphatic heterocycles. The predicted octanol–water partition coefficient (Wildman–Crippen LogP) is 9.41. The lowest BCUT2D eigenvalue weighted by atomic mass is 9.43. The van der Waals surface area contributed by atoms with Crippen LogP contribution in [0.4, 0.5) is 0 Å². The first-order valence-electron chi connectivity index (χ1n) is 16.6. The maximum Gasteiger partial charge on any atom is 0.312 e. The second kappa shape index (κ2) is 12.5. The van der Waals surface area contributed by atoms with E-state index in [1.165, 1.54) is 7.11 Å². The van der Waals surface area contributed by atoms with Crippen molar-refractivity contribution in [2.75, 3.05) is 13.7 Å².